The summed E-state index contributed by atoms with van der Waals surface area (Å²) in [5.74, 6) is 0.551. The molecule has 1 aliphatic carbocycles. The van der Waals surface area contributed by atoms with Gasteiger partial charge >= 0.3 is 6.18 Å². The molecule has 1 fully saturated rings. The van der Waals surface area contributed by atoms with E-state index in [4.69, 9.17) is 0 Å². The predicted octanol–water partition coefficient (Wildman–Crippen LogP) is 4.94. The van der Waals surface area contributed by atoms with E-state index in [0.29, 0.717) is 11.0 Å². The highest BCUT2D eigenvalue weighted by atomic mass is 127. The molecule has 27 heavy (non-hydrogen) atoms. The predicted molar refractivity (Wildman–Crippen MR) is 116 cm³/mol. The van der Waals surface area contributed by atoms with E-state index in [-0.39, 0.29) is 35.9 Å². The third-order valence-corrected chi connectivity index (χ3v) is 5.70. The molecule has 0 aliphatic heterocycles. The van der Waals surface area contributed by atoms with E-state index in [1.54, 1.807) is 7.05 Å². The van der Waals surface area contributed by atoms with Crippen LogP contribution in [0.2, 0.25) is 0 Å². The molecular formula is C17H19BrF3IN4S. The van der Waals surface area contributed by atoms with Gasteiger partial charge in [0, 0.05) is 28.9 Å². The molecule has 0 radical (unpaired) electrons. The summed E-state index contributed by atoms with van der Waals surface area (Å²) in [7, 11) is 1.64. The van der Waals surface area contributed by atoms with Gasteiger partial charge in [-0.25, -0.2) is 4.98 Å². The largest absolute Gasteiger partial charge is 0.434 e. The van der Waals surface area contributed by atoms with E-state index in [1.807, 2.05) is 12.1 Å². The molecule has 0 saturated heterocycles. The van der Waals surface area contributed by atoms with Gasteiger partial charge in [0.25, 0.3) is 0 Å². The van der Waals surface area contributed by atoms with Gasteiger partial charge in [-0.1, -0.05) is 28.1 Å². The highest BCUT2D eigenvalue weighted by molar-refractivity contribution is 14.0. The topological polar surface area (TPSA) is 49.3 Å². The van der Waals surface area contributed by atoms with Crippen LogP contribution in [0.4, 0.5) is 13.2 Å². The molecule has 1 heterocycles. The van der Waals surface area contributed by atoms with E-state index in [0.717, 1.165) is 40.6 Å². The molecule has 0 spiro atoms. The van der Waals surface area contributed by atoms with Gasteiger partial charge in [-0.05, 0) is 30.5 Å². The van der Waals surface area contributed by atoms with Gasteiger partial charge in [0.15, 0.2) is 11.7 Å². The summed E-state index contributed by atoms with van der Waals surface area (Å²) in [6.45, 7) is 0.916. The third-order valence-electron chi connectivity index (χ3n) is 4.36. The summed E-state index contributed by atoms with van der Waals surface area (Å²) in [5, 5.41) is 7.70. The lowest BCUT2D eigenvalue weighted by Crippen LogP contribution is -2.40. The second-order valence-electron chi connectivity index (χ2n) is 6.19. The van der Waals surface area contributed by atoms with Crippen molar-refractivity contribution >= 4 is 57.2 Å². The monoisotopic (exact) mass is 574 g/mol. The number of nitrogens with one attached hydrogen (secondary N) is 2. The Kier molecular flexibility index (Phi) is 7.54. The van der Waals surface area contributed by atoms with Gasteiger partial charge in [0.1, 0.15) is 5.01 Å². The highest BCUT2D eigenvalue weighted by Gasteiger charge is 2.44. The van der Waals surface area contributed by atoms with Crippen LogP contribution in [0.5, 0.6) is 0 Å². The first-order valence-corrected chi connectivity index (χ1v) is 9.72. The number of alkyl halides is 3. The van der Waals surface area contributed by atoms with Crippen LogP contribution in [0.3, 0.4) is 0 Å². The summed E-state index contributed by atoms with van der Waals surface area (Å²) >= 11 is 4.48. The summed E-state index contributed by atoms with van der Waals surface area (Å²) in [4.78, 5) is 7.75. The highest BCUT2D eigenvalue weighted by Crippen LogP contribution is 2.48. The smallest absolute Gasteiger partial charge is 0.356 e. The molecule has 1 aromatic carbocycles. The Morgan fingerprint density at radius 2 is 2.07 bits per heavy atom. The molecule has 1 aliphatic rings. The Labute approximate surface area is 185 Å². The summed E-state index contributed by atoms with van der Waals surface area (Å²) in [6, 6.07) is 8.26. The second-order valence-corrected chi connectivity index (χ2v) is 8.05. The quantitative estimate of drug-likeness (QED) is 0.302. The van der Waals surface area contributed by atoms with Crippen molar-refractivity contribution in [2.24, 2.45) is 4.99 Å². The van der Waals surface area contributed by atoms with Crippen molar-refractivity contribution in [1.29, 1.82) is 0 Å². The van der Waals surface area contributed by atoms with Crippen LogP contribution in [0.1, 0.15) is 29.1 Å². The van der Waals surface area contributed by atoms with Gasteiger partial charge in [-0.15, -0.1) is 35.3 Å². The molecule has 0 unspecified atom stereocenters. The average molecular weight is 575 g/mol. The Bertz CT molecular complexity index is 805. The fourth-order valence-corrected chi connectivity index (χ4v) is 3.83. The molecule has 0 amide bonds. The van der Waals surface area contributed by atoms with Crippen molar-refractivity contribution in [3.63, 3.8) is 0 Å². The minimum absolute atomic E-state index is 0. The molecule has 1 saturated carbocycles. The third kappa shape index (κ3) is 5.80. The lowest BCUT2D eigenvalue weighted by molar-refractivity contribution is -0.140. The van der Waals surface area contributed by atoms with Crippen molar-refractivity contribution in [3.05, 3.63) is 50.4 Å². The van der Waals surface area contributed by atoms with Crippen molar-refractivity contribution in [2.75, 3.05) is 13.6 Å². The zero-order valence-corrected chi connectivity index (χ0v) is 19.2. The molecule has 2 aromatic rings. The first-order chi connectivity index (χ1) is 12.3. The van der Waals surface area contributed by atoms with Crippen molar-refractivity contribution in [3.8, 4) is 0 Å². The van der Waals surface area contributed by atoms with Crippen LogP contribution >= 0.6 is 51.2 Å². The van der Waals surface area contributed by atoms with E-state index < -0.39 is 11.9 Å². The maximum absolute atomic E-state index is 12.6. The zero-order chi connectivity index (χ0) is 18.8. The first-order valence-electron chi connectivity index (χ1n) is 8.05. The Morgan fingerprint density at radius 3 is 2.63 bits per heavy atom. The fourth-order valence-electron chi connectivity index (χ4n) is 2.69. The normalized spacial score (nSPS) is 15.8. The van der Waals surface area contributed by atoms with Gasteiger partial charge in [0.05, 0.1) is 6.54 Å². The number of halogens is 5. The summed E-state index contributed by atoms with van der Waals surface area (Å²) in [6.07, 6.45) is -2.22. The van der Waals surface area contributed by atoms with Crippen LogP contribution in [0.25, 0.3) is 0 Å². The number of hydrogen-bond acceptors (Lipinski definition) is 3. The minimum Gasteiger partial charge on any atom is -0.356 e. The van der Waals surface area contributed by atoms with Crippen molar-refractivity contribution in [1.82, 2.24) is 15.6 Å². The van der Waals surface area contributed by atoms with Crippen molar-refractivity contribution in [2.45, 2.75) is 31.0 Å². The number of aromatic nitrogens is 1. The standard InChI is InChI=1S/C17H18BrF3N4S.HI/c1-22-15(23-8-14-25-13(9-26-14)17(19,20)21)24-10-16(5-6-16)11-3-2-4-12(18)7-11;/h2-4,7,9H,5-6,8,10H2,1H3,(H2,22,23,24);1H. The van der Waals surface area contributed by atoms with E-state index >= 15 is 0 Å². The number of benzene rings is 1. The van der Waals surface area contributed by atoms with Crippen LogP contribution in [-0.4, -0.2) is 24.5 Å². The van der Waals surface area contributed by atoms with Gasteiger partial charge in [-0.3, -0.25) is 4.99 Å². The molecule has 10 heteroatoms. The maximum Gasteiger partial charge on any atom is 0.434 e. The molecule has 0 bridgehead atoms. The first kappa shape index (κ1) is 22.4. The van der Waals surface area contributed by atoms with Crippen LogP contribution in [-0.2, 0) is 18.1 Å². The zero-order valence-electron chi connectivity index (χ0n) is 14.4. The lowest BCUT2D eigenvalue weighted by Gasteiger charge is -2.19. The molecule has 1 aromatic heterocycles. The number of guanidine groups is 1. The van der Waals surface area contributed by atoms with Gasteiger partial charge in [-0.2, -0.15) is 13.2 Å². The summed E-state index contributed by atoms with van der Waals surface area (Å²) in [5.41, 5.74) is 0.505. The minimum atomic E-state index is -4.41. The van der Waals surface area contributed by atoms with Crippen molar-refractivity contribution < 1.29 is 13.2 Å². The Morgan fingerprint density at radius 1 is 1.33 bits per heavy atom. The lowest BCUT2D eigenvalue weighted by atomic mass is 9.96. The van der Waals surface area contributed by atoms with E-state index in [2.05, 4.69) is 48.7 Å². The Balaban J connectivity index is 0.00000261. The Hall–Kier alpha value is -0.880. The molecule has 4 nitrogen and oxygen atoms in total. The number of hydrogen-bond donors (Lipinski definition) is 2. The number of nitrogens with zero attached hydrogens (tertiary/aromatic N) is 2. The molecule has 2 N–H and O–H groups in total. The molecular weight excluding hydrogens is 556 g/mol. The van der Waals surface area contributed by atoms with Gasteiger partial charge in [0.2, 0.25) is 0 Å². The second kappa shape index (κ2) is 9.08. The molecule has 3 rings (SSSR count). The van der Waals surface area contributed by atoms with Gasteiger partial charge < -0.3 is 10.6 Å². The fraction of sp³-hybridized carbons (Fsp3) is 0.412. The number of rotatable bonds is 5. The number of aliphatic imine (C=N–C) groups is 1. The molecule has 0 atom stereocenters. The van der Waals surface area contributed by atoms with E-state index in [9.17, 15) is 13.2 Å². The number of thiazole rings is 1. The maximum atomic E-state index is 12.6. The van der Waals surface area contributed by atoms with Crippen LogP contribution < -0.4 is 10.6 Å². The molecule has 148 valence electrons. The van der Waals surface area contributed by atoms with Crippen LogP contribution in [0, 0.1) is 0 Å². The SMILES string of the molecule is CN=C(NCc1nc(C(F)(F)F)cs1)NCC1(c2cccc(Br)c2)CC1.I. The van der Waals surface area contributed by atoms with Crippen LogP contribution in [0.15, 0.2) is 39.1 Å². The summed E-state index contributed by atoms with van der Waals surface area (Å²) < 4.78 is 38.8. The average Bonchev–Trinajstić information content (AvgIpc) is 3.22. The van der Waals surface area contributed by atoms with E-state index in [1.165, 1.54) is 5.56 Å².